The zero-order valence-electron chi connectivity index (χ0n) is 6.02. The molecule has 1 rings (SSSR count). The van der Waals surface area contributed by atoms with Gasteiger partial charge in [-0.2, -0.15) is 0 Å². The summed E-state index contributed by atoms with van der Waals surface area (Å²) in [5, 5.41) is 0. The van der Waals surface area contributed by atoms with E-state index in [0.717, 1.165) is 0 Å². The molecule has 0 aromatic carbocycles. The molecule has 0 aliphatic rings. The molecule has 0 spiro atoms. The molecule has 1 aromatic heterocycles. The molecule has 0 radical (unpaired) electrons. The van der Waals surface area contributed by atoms with E-state index >= 15 is 0 Å². The van der Waals surface area contributed by atoms with Crippen molar-refractivity contribution in [1.82, 2.24) is 4.98 Å². The summed E-state index contributed by atoms with van der Waals surface area (Å²) in [6.07, 6.45) is 2.78. The number of oxazole rings is 1. The van der Waals surface area contributed by atoms with Gasteiger partial charge in [0.1, 0.15) is 6.26 Å². The van der Waals surface area contributed by atoms with Gasteiger partial charge in [0.2, 0.25) is 0 Å². The number of hydrogen-bond acceptors (Lipinski definition) is 5. The van der Waals surface area contributed by atoms with Crippen molar-refractivity contribution in [3.05, 3.63) is 12.5 Å². The number of nitrogens with one attached hydrogen (secondary N) is 1. The first-order chi connectivity index (χ1) is 5.14. The van der Waals surface area contributed by atoms with E-state index < -0.39 is 10.8 Å². The summed E-state index contributed by atoms with van der Waals surface area (Å²) in [6.45, 7) is 1.66. The molecule has 0 amide bonds. The van der Waals surface area contributed by atoms with Crippen LogP contribution in [0.4, 0.5) is 6.01 Å². The van der Waals surface area contributed by atoms with E-state index in [1.807, 2.05) is 0 Å². The lowest BCUT2D eigenvalue weighted by Gasteiger charge is -2.29. The van der Waals surface area contributed by atoms with Gasteiger partial charge in [0, 0.05) is 0 Å². The molecule has 0 atom stereocenters. The van der Waals surface area contributed by atoms with E-state index in [-0.39, 0.29) is 11.8 Å². The van der Waals surface area contributed by atoms with Gasteiger partial charge >= 0.3 is 6.01 Å². The third kappa shape index (κ3) is 2.41. The lowest BCUT2D eigenvalue weighted by molar-refractivity contribution is 0.490. The summed E-state index contributed by atoms with van der Waals surface area (Å²) in [6, 6.07) is 0.131. The monoisotopic (exact) mass is 178 g/mol. The van der Waals surface area contributed by atoms with Crippen molar-refractivity contribution in [1.29, 1.82) is 0 Å². The summed E-state index contributed by atoms with van der Waals surface area (Å²) in [5.74, 6) is 0.232. The van der Waals surface area contributed by atoms with Crippen molar-refractivity contribution in [2.75, 3.05) is 10.5 Å². The third-order valence-electron chi connectivity index (χ3n) is 1.09. The normalized spacial score (nSPS) is 13.0. The van der Waals surface area contributed by atoms with Gasteiger partial charge in [-0.3, -0.25) is 9.11 Å². The smallest absolute Gasteiger partial charge is 0.313 e. The van der Waals surface area contributed by atoms with Gasteiger partial charge in [-0.05, 0) is 6.92 Å². The summed E-state index contributed by atoms with van der Waals surface area (Å²) < 4.78 is 25.4. The molecular formula is C5H10N2O3S. The minimum absolute atomic E-state index is 0.131. The summed E-state index contributed by atoms with van der Waals surface area (Å²) >= 11 is 0. The quantitative estimate of drug-likeness (QED) is 0.657. The van der Waals surface area contributed by atoms with Crippen LogP contribution >= 0.6 is 10.8 Å². The zero-order valence-corrected chi connectivity index (χ0v) is 6.84. The Kier molecular flexibility index (Phi) is 2.38. The largest absolute Gasteiger partial charge is 0.431 e. The Hall–Kier alpha value is -0.720. The number of nitrogens with zero attached hydrogens (tertiary/aromatic N) is 1. The second kappa shape index (κ2) is 3.12. The summed E-state index contributed by atoms with van der Waals surface area (Å²) in [7, 11) is -2.75. The highest BCUT2D eigenvalue weighted by atomic mass is 32.3. The van der Waals surface area contributed by atoms with Crippen molar-refractivity contribution in [3.63, 3.8) is 0 Å². The third-order valence-corrected chi connectivity index (χ3v) is 2.39. The fourth-order valence-corrected chi connectivity index (χ4v) is 1.01. The first-order valence-corrected chi connectivity index (χ1v) is 4.79. The molecule has 0 fully saturated rings. The van der Waals surface area contributed by atoms with Crippen molar-refractivity contribution in [2.24, 2.45) is 0 Å². The average molecular weight is 178 g/mol. The highest BCUT2D eigenvalue weighted by Crippen LogP contribution is 2.37. The maximum absolute atomic E-state index is 9.12. The Morgan fingerprint density at radius 3 is 2.91 bits per heavy atom. The Morgan fingerprint density at radius 1 is 1.73 bits per heavy atom. The van der Waals surface area contributed by atoms with Crippen LogP contribution in [0.5, 0.6) is 0 Å². The van der Waals surface area contributed by atoms with E-state index in [2.05, 4.69) is 9.71 Å². The van der Waals surface area contributed by atoms with Gasteiger partial charge in [-0.25, -0.2) is 9.71 Å². The molecule has 11 heavy (non-hydrogen) atoms. The van der Waals surface area contributed by atoms with Crippen LogP contribution in [0.1, 0.15) is 6.92 Å². The average Bonchev–Trinajstić information content (AvgIpc) is 2.39. The Morgan fingerprint density at radius 2 is 2.45 bits per heavy atom. The molecular weight excluding hydrogens is 168 g/mol. The molecule has 3 N–H and O–H groups in total. The van der Waals surface area contributed by atoms with E-state index in [1.54, 1.807) is 6.92 Å². The van der Waals surface area contributed by atoms with Crippen LogP contribution in [-0.4, -0.2) is 19.8 Å². The van der Waals surface area contributed by atoms with Crippen LogP contribution in [0.2, 0.25) is 0 Å². The van der Waals surface area contributed by atoms with Crippen LogP contribution in [0, 0.1) is 0 Å². The molecule has 64 valence electrons. The van der Waals surface area contributed by atoms with Gasteiger partial charge in [-0.1, -0.05) is 0 Å². The molecule has 0 bridgehead atoms. The zero-order chi connectivity index (χ0) is 8.32. The van der Waals surface area contributed by atoms with Crippen LogP contribution in [0.3, 0.4) is 0 Å². The van der Waals surface area contributed by atoms with Crippen LogP contribution < -0.4 is 4.72 Å². The fourth-order valence-electron chi connectivity index (χ4n) is 0.486. The highest BCUT2D eigenvalue weighted by molar-refractivity contribution is 8.25. The Bertz CT molecular complexity index is 212. The summed E-state index contributed by atoms with van der Waals surface area (Å²) in [4.78, 5) is 3.67. The van der Waals surface area contributed by atoms with Crippen molar-refractivity contribution < 1.29 is 13.5 Å². The lowest BCUT2D eigenvalue weighted by atomic mass is 11.0. The van der Waals surface area contributed by atoms with Gasteiger partial charge in [-0.15, -0.1) is 10.8 Å². The van der Waals surface area contributed by atoms with E-state index in [0.29, 0.717) is 0 Å². The lowest BCUT2D eigenvalue weighted by Crippen LogP contribution is -2.10. The van der Waals surface area contributed by atoms with Crippen LogP contribution in [-0.2, 0) is 0 Å². The number of rotatable bonds is 3. The number of anilines is 1. The Balaban J connectivity index is 2.56. The first kappa shape index (κ1) is 8.38. The fraction of sp³-hybridized carbons (Fsp3) is 0.400. The van der Waals surface area contributed by atoms with E-state index in [4.69, 9.17) is 13.5 Å². The molecule has 0 saturated carbocycles. The van der Waals surface area contributed by atoms with Crippen molar-refractivity contribution >= 4 is 16.8 Å². The molecule has 0 aliphatic carbocycles. The van der Waals surface area contributed by atoms with Crippen molar-refractivity contribution in [2.45, 2.75) is 6.92 Å². The van der Waals surface area contributed by atoms with E-state index in [9.17, 15) is 0 Å². The predicted octanol–water partition coefficient (Wildman–Crippen LogP) is 1.77. The number of hydrogen-bond donors (Lipinski definition) is 3. The molecule has 0 aliphatic heterocycles. The molecule has 1 heterocycles. The molecule has 1 aromatic rings. The highest BCUT2D eigenvalue weighted by Gasteiger charge is 2.10. The van der Waals surface area contributed by atoms with Crippen LogP contribution in [0.15, 0.2) is 16.9 Å². The predicted molar refractivity (Wildman–Crippen MR) is 43.5 cm³/mol. The molecule has 0 unspecified atom stereocenters. The minimum Gasteiger partial charge on any atom is -0.431 e. The van der Waals surface area contributed by atoms with Crippen molar-refractivity contribution in [3.8, 4) is 0 Å². The maximum atomic E-state index is 9.12. The maximum Gasteiger partial charge on any atom is 0.313 e. The van der Waals surface area contributed by atoms with Crippen LogP contribution in [0.25, 0.3) is 0 Å². The second-order valence-corrected chi connectivity index (χ2v) is 4.01. The van der Waals surface area contributed by atoms with Gasteiger partial charge < -0.3 is 4.42 Å². The molecule has 5 nitrogen and oxygen atoms in total. The number of aromatic nitrogens is 1. The second-order valence-electron chi connectivity index (χ2n) is 1.89. The Labute approximate surface area is 65.9 Å². The topological polar surface area (TPSA) is 78.5 Å². The minimum atomic E-state index is -2.75. The standard InChI is InChI=1S/C5H10N2O3S/c1-2-11(8,9)7-5-6-3-4-10-5/h3-4,8-9H,2H2,1H3,(H,6,7). The molecule has 0 saturated heterocycles. The van der Waals surface area contributed by atoms with E-state index in [1.165, 1.54) is 12.5 Å². The molecule has 6 heteroatoms. The first-order valence-electron chi connectivity index (χ1n) is 3.07. The van der Waals surface area contributed by atoms with Gasteiger partial charge in [0.15, 0.2) is 0 Å². The SMILES string of the molecule is CCS(O)(O)Nc1ncco1. The van der Waals surface area contributed by atoms with Gasteiger partial charge in [0.05, 0.1) is 11.9 Å². The summed E-state index contributed by atoms with van der Waals surface area (Å²) in [5.41, 5.74) is 0. The van der Waals surface area contributed by atoms with Gasteiger partial charge in [0.25, 0.3) is 0 Å².